The first-order valence-corrected chi connectivity index (χ1v) is 14.1. The number of hydrogen-bond acceptors (Lipinski definition) is 5. The number of carbonyl (C=O) groups excluding carboxylic acids is 1. The number of rotatable bonds is 5. The fraction of sp³-hybridized carbons (Fsp3) is 0.152. The summed E-state index contributed by atoms with van der Waals surface area (Å²) in [5.41, 5.74) is 4.46. The van der Waals surface area contributed by atoms with Crippen molar-refractivity contribution in [2.45, 2.75) is 24.8 Å². The quantitative estimate of drug-likeness (QED) is 0.184. The molecule has 5 aromatic rings. The van der Waals surface area contributed by atoms with Gasteiger partial charge in [-0.05, 0) is 35.2 Å². The Balaban J connectivity index is 1.24. The normalized spacial score (nSPS) is 22.3. The molecule has 4 aromatic carbocycles. The second-order valence-corrected chi connectivity index (χ2v) is 11.6. The van der Waals surface area contributed by atoms with Gasteiger partial charge in [0.25, 0.3) is 5.54 Å². The van der Waals surface area contributed by atoms with Crippen LogP contribution in [0.15, 0.2) is 109 Å². The van der Waals surface area contributed by atoms with Crippen molar-refractivity contribution in [2.75, 3.05) is 5.32 Å². The van der Waals surface area contributed by atoms with Crippen molar-refractivity contribution >= 4 is 22.4 Å². The predicted octanol–water partition coefficient (Wildman–Crippen LogP) is 7.49. The Hall–Kier alpha value is -4.62. The molecule has 7 heteroatoms. The molecule has 0 radical (unpaired) electrons. The van der Waals surface area contributed by atoms with Crippen LogP contribution in [0.1, 0.15) is 41.5 Å². The van der Waals surface area contributed by atoms with Gasteiger partial charge < -0.3 is 5.32 Å². The molecule has 3 aliphatic carbocycles. The third kappa shape index (κ3) is 3.47. The summed E-state index contributed by atoms with van der Waals surface area (Å²) in [6, 6.07) is 33.3. The minimum absolute atomic E-state index is 0.0783. The Labute approximate surface area is 235 Å². The van der Waals surface area contributed by atoms with Crippen LogP contribution in [-0.2, 0) is 10.3 Å². The predicted molar refractivity (Wildman–Crippen MR) is 157 cm³/mol. The van der Waals surface area contributed by atoms with Crippen LogP contribution in [0.5, 0.6) is 0 Å². The van der Waals surface area contributed by atoms with Crippen LogP contribution in [0, 0.1) is 15.5 Å². The molecule has 1 aromatic heterocycles. The Bertz CT molecular complexity index is 1750. The topological polar surface area (TPSA) is 85.1 Å². The summed E-state index contributed by atoms with van der Waals surface area (Å²) >= 11 is 1.36. The summed E-state index contributed by atoms with van der Waals surface area (Å²) in [7, 11) is 0. The summed E-state index contributed by atoms with van der Waals surface area (Å²) in [5, 5.41) is 18.3. The maximum absolute atomic E-state index is 14.1. The SMILES string of the molecule is CC1(C(=O)Nc2nc(-c3cccc(-c4ccccc4)c3)cs2)CC2([N+](=O)[O-])c3ccccc3C1c1ccccc12. The van der Waals surface area contributed by atoms with E-state index in [9.17, 15) is 14.9 Å². The second kappa shape index (κ2) is 8.96. The van der Waals surface area contributed by atoms with Crippen LogP contribution >= 0.6 is 11.3 Å². The Morgan fingerprint density at radius 3 is 2.15 bits per heavy atom. The third-order valence-electron chi connectivity index (χ3n) is 8.52. The molecule has 1 N–H and O–H groups in total. The van der Waals surface area contributed by atoms with Gasteiger partial charge in [-0.2, -0.15) is 0 Å². The summed E-state index contributed by atoms with van der Waals surface area (Å²) < 4.78 is 0. The second-order valence-electron chi connectivity index (χ2n) is 10.8. The van der Waals surface area contributed by atoms with Gasteiger partial charge in [0.15, 0.2) is 5.13 Å². The molecule has 0 fully saturated rings. The van der Waals surface area contributed by atoms with Gasteiger partial charge in [-0.1, -0.05) is 97.1 Å². The number of hydrogen-bond donors (Lipinski definition) is 1. The van der Waals surface area contributed by atoms with Gasteiger partial charge in [-0.15, -0.1) is 11.3 Å². The number of anilines is 1. The average molecular weight is 544 g/mol. The van der Waals surface area contributed by atoms with Gasteiger partial charge in [0.2, 0.25) is 5.91 Å². The van der Waals surface area contributed by atoms with Crippen molar-refractivity contribution < 1.29 is 9.72 Å². The summed E-state index contributed by atoms with van der Waals surface area (Å²) in [6.07, 6.45) is 0.0783. The highest BCUT2D eigenvalue weighted by molar-refractivity contribution is 7.14. The largest absolute Gasteiger partial charge is 0.301 e. The summed E-state index contributed by atoms with van der Waals surface area (Å²) in [5.74, 6) is -0.560. The number of thiazole rings is 1. The molecule has 2 bridgehead atoms. The van der Waals surface area contributed by atoms with Crippen LogP contribution < -0.4 is 5.32 Å². The smallest absolute Gasteiger partial charge is 0.273 e. The number of fused-ring (bicyclic) bond motifs is 1. The lowest BCUT2D eigenvalue weighted by Gasteiger charge is -2.52. The molecule has 8 rings (SSSR count). The average Bonchev–Trinajstić information content (AvgIpc) is 3.46. The zero-order chi connectivity index (χ0) is 27.5. The van der Waals surface area contributed by atoms with E-state index >= 15 is 0 Å². The van der Waals surface area contributed by atoms with E-state index in [0.29, 0.717) is 16.3 Å². The molecule has 1 heterocycles. The number of benzene rings is 4. The number of nitro groups is 1. The first kappa shape index (κ1) is 24.4. The molecule has 0 aliphatic heterocycles. The van der Waals surface area contributed by atoms with Gasteiger partial charge in [0, 0.05) is 39.3 Å². The van der Waals surface area contributed by atoms with Crippen molar-refractivity contribution in [1.29, 1.82) is 0 Å². The molecular formula is C33H25N3O3S. The number of amides is 1. The Morgan fingerprint density at radius 1 is 0.875 bits per heavy atom. The number of aromatic nitrogens is 1. The highest BCUT2D eigenvalue weighted by Gasteiger charge is 2.67. The van der Waals surface area contributed by atoms with Crippen LogP contribution in [0.4, 0.5) is 5.13 Å². The van der Waals surface area contributed by atoms with E-state index in [-0.39, 0.29) is 23.2 Å². The number of nitrogens with one attached hydrogen (secondary N) is 1. The molecule has 3 aliphatic rings. The van der Waals surface area contributed by atoms with Crippen LogP contribution in [0.25, 0.3) is 22.4 Å². The van der Waals surface area contributed by atoms with E-state index in [2.05, 4.69) is 29.6 Å². The zero-order valence-corrected chi connectivity index (χ0v) is 22.5. The van der Waals surface area contributed by atoms with Gasteiger partial charge in [-0.25, -0.2) is 4.98 Å². The van der Waals surface area contributed by atoms with E-state index in [4.69, 9.17) is 4.98 Å². The van der Waals surface area contributed by atoms with E-state index in [1.54, 1.807) is 0 Å². The molecule has 0 saturated heterocycles. The third-order valence-corrected chi connectivity index (χ3v) is 9.27. The number of carbonyl (C=O) groups is 1. The molecule has 1 amide bonds. The van der Waals surface area contributed by atoms with E-state index in [1.165, 1.54) is 11.3 Å². The van der Waals surface area contributed by atoms with Gasteiger partial charge in [0.1, 0.15) is 0 Å². The maximum atomic E-state index is 14.1. The minimum atomic E-state index is -1.49. The summed E-state index contributed by atoms with van der Waals surface area (Å²) in [4.78, 5) is 31.5. The Morgan fingerprint density at radius 2 is 1.48 bits per heavy atom. The van der Waals surface area contributed by atoms with Gasteiger partial charge in [0.05, 0.1) is 11.1 Å². The molecule has 0 spiro atoms. The first-order chi connectivity index (χ1) is 19.4. The molecular weight excluding hydrogens is 518 g/mol. The fourth-order valence-electron chi connectivity index (χ4n) is 6.74. The Kier molecular flexibility index (Phi) is 5.47. The molecule has 1 unspecified atom stereocenters. The molecule has 6 nitrogen and oxygen atoms in total. The zero-order valence-electron chi connectivity index (χ0n) is 21.7. The monoisotopic (exact) mass is 543 g/mol. The van der Waals surface area contributed by atoms with Crippen LogP contribution in [0.3, 0.4) is 0 Å². The van der Waals surface area contributed by atoms with Gasteiger partial charge >= 0.3 is 0 Å². The number of nitrogens with zero attached hydrogens (tertiary/aromatic N) is 2. The standard InChI is InChI=1S/C33H25N3O3S/c1-32(20-33(36(38)39)26-16-7-5-14-24(26)29(32)25-15-6-8-17-27(25)33)30(37)35-31-34-28(19-40-31)23-13-9-12-22(18-23)21-10-3-2-4-11-21/h2-19,29H,20H2,1H3,(H,34,35,37). The van der Waals surface area contributed by atoms with E-state index in [1.807, 2.05) is 91.2 Å². The highest BCUT2D eigenvalue weighted by Crippen LogP contribution is 2.64. The molecule has 196 valence electrons. The first-order valence-electron chi connectivity index (χ1n) is 13.2. The lowest BCUT2D eigenvalue weighted by atomic mass is 9.49. The van der Waals surface area contributed by atoms with Crippen molar-refractivity contribution in [2.24, 2.45) is 5.41 Å². The lowest BCUT2D eigenvalue weighted by Crippen LogP contribution is -2.57. The van der Waals surface area contributed by atoms with Crippen molar-refractivity contribution in [3.05, 3.63) is 141 Å². The van der Waals surface area contributed by atoms with E-state index in [0.717, 1.165) is 33.5 Å². The van der Waals surface area contributed by atoms with E-state index < -0.39 is 11.0 Å². The lowest BCUT2D eigenvalue weighted by molar-refractivity contribution is -0.573. The van der Waals surface area contributed by atoms with Crippen molar-refractivity contribution in [1.82, 2.24) is 4.98 Å². The highest BCUT2D eigenvalue weighted by atomic mass is 32.1. The summed E-state index contributed by atoms with van der Waals surface area (Å²) in [6.45, 7) is 1.86. The van der Waals surface area contributed by atoms with Gasteiger partial charge in [-0.3, -0.25) is 14.9 Å². The van der Waals surface area contributed by atoms with Crippen LogP contribution in [-0.4, -0.2) is 15.8 Å². The van der Waals surface area contributed by atoms with Crippen molar-refractivity contribution in [3.8, 4) is 22.4 Å². The fourth-order valence-corrected chi connectivity index (χ4v) is 7.45. The van der Waals surface area contributed by atoms with Crippen LogP contribution in [0.2, 0.25) is 0 Å². The minimum Gasteiger partial charge on any atom is -0.301 e. The maximum Gasteiger partial charge on any atom is 0.273 e. The molecule has 40 heavy (non-hydrogen) atoms. The van der Waals surface area contributed by atoms with Crippen molar-refractivity contribution in [3.63, 3.8) is 0 Å². The molecule has 1 atom stereocenters. The molecule has 0 saturated carbocycles.